The number of rotatable bonds is 5. The lowest BCUT2D eigenvalue weighted by molar-refractivity contribution is -0.133. The first kappa shape index (κ1) is 21.1. The summed E-state index contributed by atoms with van der Waals surface area (Å²) in [5, 5.41) is 9.92. The van der Waals surface area contributed by atoms with Gasteiger partial charge in [-0.25, -0.2) is 4.98 Å². The average molecular weight is 410 g/mol. The van der Waals surface area contributed by atoms with Gasteiger partial charge in [0.2, 0.25) is 5.91 Å². The molecule has 2 saturated heterocycles. The molecule has 0 bridgehead atoms. The molecule has 4 rings (SSSR count). The number of hydrogen-bond acceptors (Lipinski definition) is 5. The second-order valence-electron chi connectivity index (χ2n) is 9.48. The largest absolute Gasteiger partial charge is 0.353 e. The van der Waals surface area contributed by atoms with E-state index in [1.54, 1.807) is 0 Å². The van der Waals surface area contributed by atoms with Gasteiger partial charge in [0.1, 0.15) is 11.9 Å². The molecule has 1 aromatic rings. The number of fused-ring (bicyclic) bond motifs is 1. The number of carbonyl (C=O) groups excluding carboxylic acids is 1. The predicted octanol–water partition coefficient (Wildman–Crippen LogP) is 2.77. The van der Waals surface area contributed by atoms with Crippen LogP contribution in [0.15, 0.2) is 0 Å². The van der Waals surface area contributed by atoms with E-state index < -0.39 is 0 Å². The van der Waals surface area contributed by atoms with Gasteiger partial charge in [-0.15, -0.1) is 0 Å². The van der Waals surface area contributed by atoms with Gasteiger partial charge in [-0.05, 0) is 62.0 Å². The maximum absolute atomic E-state index is 12.6. The van der Waals surface area contributed by atoms with Crippen molar-refractivity contribution in [2.75, 3.05) is 50.7 Å². The fourth-order valence-electron chi connectivity index (χ4n) is 5.18. The van der Waals surface area contributed by atoms with Crippen LogP contribution in [0.2, 0.25) is 0 Å². The van der Waals surface area contributed by atoms with Crippen LogP contribution in [0.1, 0.15) is 61.9 Å². The molecule has 1 aromatic heterocycles. The van der Waals surface area contributed by atoms with Crippen LogP contribution in [0.4, 0.5) is 5.82 Å². The van der Waals surface area contributed by atoms with E-state index in [1.165, 1.54) is 23.2 Å². The van der Waals surface area contributed by atoms with Crippen LogP contribution < -0.4 is 4.90 Å². The third kappa shape index (κ3) is 4.46. The summed E-state index contributed by atoms with van der Waals surface area (Å²) < 4.78 is 0. The zero-order chi connectivity index (χ0) is 21.1. The second-order valence-corrected chi connectivity index (χ2v) is 9.48. The number of hydrogen-bond donors (Lipinski definition) is 0. The SMILES string of the molecule is CC(C)Cc1nc(N2CCN(CC(=O)N3CCCCC3)CC2)c(C#N)c2c1CCC2. The molecule has 2 aliphatic heterocycles. The maximum Gasteiger partial charge on any atom is 0.236 e. The van der Waals surface area contributed by atoms with Gasteiger partial charge in [0.15, 0.2) is 0 Å². The topological polar surface area (TPSA) is 63.5 Å². The number of amides is 1. The van der Waals surface area contributed by atoms with Crippen LogP contribution in [-0.4, -0.2) is 66.5 Å². The number of aromatic nitrogens is 1. The Morgan fingerprint density at radius 1 is 1.00 bits per heavy atom. The molecule has 3 aliphatic rings. The zero-order valence-corrected chi connectivity index (χ0v) is 18.6. The van der Waals surface area contributed by atoms with Gasteiger partial charge >= 0.3 is 0 Å². The molecule has 0 saturated carbocycles. The van der Waals surface area contributed by atoms with Crippen LogP contribution in [0.3, 0.4) is 0 Å². The van der Waals surface area contributed by atoms with Crippen molar-refractivity contribution in [3.8, 4) is 6.07 Å². The molecule has 0 atom stereocenters. The summed E-state index contributed by atoms with van der Waals surface area (Å²) in [6.45, 7) is 10.2. The Morgan fingerprint density at radius 3 is 2.37 bits per heavy atom. The first-order chi connectivity index (χ1) is 14.6. The molecule has 1 amide bonds. The third-order valence-corrected chi connectivity index (χ3v) is 6.79. The van der Waals surface area contributed by atoms with Crippen LogP contribution in [0.5, 0.6) is 0 Å². The minimum Gasteiger partial charge on any atom is -0.353 e. The first-order valence-corrected chi connectivity index (χ1v) is 11.8. The summed E-state index contributed by atoms with van der Waals surface area (Å²) in [4.78, 5) is 24.2. The smallest absolute Gasteiger partial charge is 0.236 e. The molecule has 1 aliphatic carbocycles. The summed E-state index contributed by atoms with van der Waals surface area (Å²) in [5.74, 6) is 1.71. The lowest BCUT2D eigenvalue weighted by Crippen LogP contribution is -2.51. The molecule has 6 heteroatoms. The number of piperazine rings is 1. The van der Waals surface area contributed by atoms with E-state index in [0.29, 0.717) is 12.5 Å². The summed E-state index contributed by atoms with van der Waals surface area (Å²) in [6, 6.07) is 2.48. The maximum atomic E-state index is 12.6. The van der Waals surface area contributed by atoms with Crippen LogP contribution in [0, 0.1) is 17.2 Å². The number of carbonyl (C=O) groups is 1. The summed E-state index contributed by atoms with van der Waals surface area (Å²) in [6.07, 6.45) is 7.70. The van der Waals surface area contributed by atoms with E-state index in [0.717, 1.165) is 89.2 Å². The molecule has 3 heterocycles. The van der Waals surface area contributed by atoms with Gasteiger partial charge in [-0.3, -0.25) is 9.69 Å². The molecule has 0 radical (unpaired) electrons. The summed E-state index contributed by atoms with van der Waals surface area (Å²) in [5.41, 5.74) is 4.60. The van der Waals surface area contributed by atoms with Crippen molar-refractivity contribution in [1.82, 2.24) is 14.8 Å². The Morgan fingerprint density at radius 2 is 1.70 bits per heavy atom. The van der Waals surface area contributed by atoms with E-state index in [1.807, 2.05) is 4.90 Å². The fourth-order valence-corrected chi connectivity index (χ4v) is 5.18. The zero-order valence-electron chi connectivity index (χ0n) is 18.6. The van der Waals surface area contributed by atoms with Gasteiger partial charge in [0.05, 0.1) is 12.1 Å². The highest BCUT2D eigenvalue weighted by molar-refractivity contribution is 5.78. The third-order valence-electron chi connectivity index (χ3n) is 6.79. The molecule has 0 unspecified atom stereocenters. The van der Waals surface area contributed by atoms with E-state index in [-0.39, 0.29) is 5.91 Å². The van der Waals surface area contributed by atoms with E-state index >= 15 is 0 Å². The Bertz CT molecular complexity index is 814. The minimum atomic E-state index is 0.274. The lowest BCUT2D eigenvalue weighted by atomic mass is 9.97. The summed E-state index contributed by atoms with van der Waals surface area (Å²) >= 11 is 0. The Hall–Kier alpha value is -2.13. The number of nitriles is 1. The number of nitrogens with zero attached hydrogens (tertiary/aromatic N) is 5. The van der Waals surface area contributed by atoms with Crippen molar-refractivity contribution in [1.29, 1.82) is 5.26 Å². The van der Waals surface area contributed by atoms with Crippen molar-refractivity contribution >= 4 is 11.7 Å². The van der Waals surface area contributed by atoms with Crippen LogP contribution >= 0.6 is 0 Å². The quantitative estimate of drug-likeness (QED) is 0.748. The number of anilines is 1. The van der Waals surface area contributed by atoms with Gasteiger partial charge in [-0.2, -0.15) is 5.26 Å². The molecule has 6 nitrogen and oxygen atoms in total. The van der Waals surface area contributed by atoms with Crippen molar-refractivity contribution < 1.29 is 4.79 Å². The highest BCUT2D eigenvalue weighted by atomic mass is 16.2. The number of pyridine rings is 1. The van der Waals surface area contributed by atoms with Gasteiger partial charge in [-0.1, -0.05) is 13.8 Å². The Labute approximate surface area is 180 Å². The number of likely N-dealkylation sites (tertiary alicyclic amines) is 1. The Kier molecular flexibility index (Phi) is 6.58. The second kappa shape index (κ2) is 9.34. The predicted molar refractivity (Wildman–Crippen MR) is 119 cm³/mol. The van der Waals surface area contributed by atoms with E-state index in [2.05, 4.69) is 29.7 Å². The van der Waals surface area contributed by atoms with Crippen molar-refractivity contribution in [3.05, 3.63) is 22.4 Å². The van der Waals surface area contributed by atoms with Gasteiger partial charge < -0.3 is 9.80 Å². The average Bonchev–Trinajstić information content (AvgIpc) is 3.24. The first-order valence-electron chi connectivity index (χ1n) is 11.8. The van der Waals surface area contributed by atoms with Crippen molar-refractivity contribution in [3.63, 3.8) is 0 Å². The lowest BCUT2D eigenvalue weighted by Gasteiger charge is -2.37. The molecule has 2 fully saturated rings. The standard InChI is InChI=1S/C24H35N5O/c1-18(2)15-22-20-8-6-7-19(20)21(16-25)24(26-22)29-13-11-27(12-14-29)17-23(30)28-9-4-3-5-10-28/h18H,3-15,17H2,1-2H3. The highest BCUT2D eigenvalue weighted by Crippen LogP contribution is 2.34. The molecule has 0 aromatic carbocycles. The minimum absolute atomic E-state index is 0.274. The van der Waals surface area contributed by atoms with Crippen molar-refractivity contribution in [2.24, 2.45) is 5.92 Å². The summed E-state index contributed by atoms with van der Waals surface area (Å²) in [7, 11) is 0. The number of piperidine rings is 1. The monoisotopic (exact) mass is 409 g/mol. The van der Waals surface area contributed by atoms with E-state index in [4.69, 9.17) is 4.98 Å². The molecule has 0 N–H and O–H groups in total. The van der Waals surface area contributed by atoms with E-state index in [9.17, 15) is 10.1 Å². The molecule has 30 heavy (non-hydrogen) atoms. The Balaban J connectivity index is 1.45. The van der Waals surface area contributed by atoms with Gasteiger partial charge in [0.25, 0.3) is 0 Å². The normalized spacial score (nSPS) is 19.8. The van der Waals surface area contributed by atoms with Gasteiger partial charge in [0, 0.05) is 45.0 Å². The molecular weight excluding hydrogens is 374 g/mol. The van der Waals surface area contributed by atoms with Crippen LogP contribution in [-0.2, 0) is 24.1 Å². The molecule has 162 valence electrons. The molecular formula is C24H35N5O. The van der Waals surface area contributed by atoms with Crippen molar-refractivity contribution in [2.45, 2.75) is 58.8 Å². The highest BCUT2D eigenvalue weighted by Gasteiger charge is 2.29. The van der Waals surface area contributed by atoms with Crippen LogP contribution in [0.25, 0.3) is 0 Å². The fraction of sp³-hybridized carbons (Fsp3) is 0.708. The molecule has 0 spiro atoms.